The number of ketones is 1. The molecule has 1 aromatic heterocycles. The van der Waals surface area contributed by atoms with Gasteiger partial charge in [0.05, 0.1) is 24.5 Å². The lowest BCUT2D eigenvalue weighted by molar-refractivity contribution is -0.139. The van der Waals surface area contributed by atoms with Crippen molar-refractivity contribution in [1.29, 1.82) is 0 Å². The van der Waals surface area contributed by atoms with Crippen LogP contribution in [0.5, 0.6) is 11.5 Å². The minimum atomic E-state index is -0.703. The molecule has 3 heterocycles. The third kappa shape index (κ3) is 5.70. The van der Waals surface area contributed by atoms with Gasteiger partial charge in [-0.2, -0.15) is 0 Å². The third-order valence-electron chi connectivity index (χ3n) is 7.30. The standard InChI is InChI=1S/C31H35N3O5/c1-3-4-5-17-38-25-10-7-22(8-11-25)28-27(29(35)23-9-12-26-24(19-23)18-21(2)39-26)30(36)31(37)34(28)15-6-14-33-16-13-32-20-33/h7-13,16,19-21,28,35H,3-6,14-15,17-18H2,1-2H3/b29-27+/t21-,28+/m1/s1. The largest absolute Gasteiger partial charge is 0.507 e. The molecular formula is C31H35N3O5. The van der Waals surface area contributed by atoms with Gasteiger partial charge in [0.2, 0.25) is 0 Å². The van der Waals surface area contributed by atoms with E-state index in [1.165, 1.54) is 0 Å². The van der Waals surface area contributed by atoms with E-state index in [1.807, 2.05) is 54.1 Å². The highest BCUT2D eigenvalue weighted by Crippen LogP contribution is 2.41. The van der Waals surface area contributed by atoms with Crippen LogP contribution >= 0.6 is 0 Å². The monoisotopic (exact) mass is 529 g/mol. The van der Waals surface area contributed by atoms with Gasteiger partial charge in [0.25, 0.3) is 11.7 Å². The SMILES string of the molecule is CCCCCOc1ccc([C@H]2/C(=C(\O)c3ccc4c(c3)C[C@@H](C)O4)C(=O)C(=O)N2CCCn2ccnc2)cc1. The van der Waals surface area contributed by atoms with E-state index in [4.69, 9.17) is 9.47 Å². The van der Waals surface area contributed by atoms with Gasteiger partial charge in [0.15, 0.2) is 0 Å². The Bertz CT molecular complexity index is 1350. The predicted octanol–water partition coefficient (Wildman–Crippen LogP) is 5.29. The van der Waals surface area contributed by atoms with Crippen molar-refractivity contribution in [3.8, 4) is 11.5 Å². The van der Waals surface area contributed by atoms with Crippen LogP contribution in [0.4, 0.5) is 0 Å². The second-order valence-electron chi connectivity index (χ2n) is 10.2. The van der Waals surface area contributed by atoms with Gasteiger partial charge in [0.1, 0.15) is 23.4 Å². The number of unbranched alkanes of at least 4 members (excludes halogenated alkanes) is 2. The van der Waals surface area contributed by atoms with Crippen molar-refractivity contribution in [2.24, 2.45) is 0 Å². The zero-order chi connectivity index (χ0) is 27.4. The van der Waals surface area contributed by atoms with Crippen LogP contribution < -0.4 is 9.47 Å². The maximum absolute atomic E-state index is 13.4. The van der Waals surface area contributed by atoms with E-state index >= 15 is 0 Å². The number of benzene rings is 2. The number of aliphatic hydroxyl groups excluding tert-OH is 1. The average molecular weight is 530 g/mol. The van der Waals surface area contributed by atoms with Crippen molar-refractivity contribution >= 4 is 17.4 Å². The summed E-state index contributed by atoms with van der Waals surface area (Å²) in [5, 5.41) is 11.5. The van der Waals surface area contributed by atoms with E-state index in [9.17, 15) is 14.7 Å². The highest BCUT2D eigenvalue weighted by molar-refractivity contribution is 6.46. The number of likely N-dealkylation sites (tertiary alicyclic amines) is 1. The Kier molecular flexibility index (Phi) is 8.00. The van der Waals surface area contributed by atoms with Crippen LogP contribution in [0.25, 0.3) is 5.76 Å². The van der Waals surface area contributed by atoms with Crippen LogP contribution in [0, 0.1) is 0 Å². The Morgan fingerprint density at radius 3 is 2.67 bits per heavy atom. The molecule has 8 heteroatoms. The van der Waals surface area contributed by atoms with Gasteiger partial charge in [-0.05, 0) is 61.2 Å². The number of rotatable bonds is 11. The second kappa shape index (κ2) is 11.8. The third-order valence-corrected chi connectivity index (χ3v) is 7.30. The average Bonchev–Trinajstić information content (AvgIpc) is 3.65. The van der Waals surface area contributed by atoms with Gasteiger partial charge in [-0.1, -0.05) is 31.9 Å². The van der Waals surface area contributed by atoms with Gasteiger partial charge in [0, 0.05) is 37.5 Å². The Hall–Kier alpha value is -4.07. The molecule has 1 N–H and O–H groups in total. The van der Waals surface area contributed by atoms with Crippen molar-refractivity contribution in [2.45, 2.75) is 64.6 Å². The number of aromatic nitrogens is 2. The van der Waals surface area contributed by atoms with E-state index in [0.29, 0.717) is 31.7 Å². The summed E-state index contributed by atoms with van der Waals surface area (Å²) in [6.45, 7) is 5.79. The van der Waals surface area contributed by atoms with E-state index in [2.05, 4.69) is 11.9 Å². The lowest BCUT2D eigenvalue weighted by Gasteiger charge is -2.25. The lowest BCUT2D eigenvalue weighted by atomic mass is 9.94. The number of hydrogen-bond acceptors (Lipinski definition) is 6. The van der Waals surface area contributed by atoms with Gasteiger partial charge < -0.3 is 24.0 Å². The van der Waals surface area contributed by atoms with Gasteiger partial charge in [-0.25, -0.2) is 4.98 Å². The molecule has 1 amide bonds. The Balaban J connectivity index is 1.46. The molecule has 8 nitrogen and oxygen atoms in total. The number of carbonyl (C=O) groups is 2. The summed E-state index contributed by atoms with van der Waals surface area (Å²) in [5.74, 6) is 0.0674. The van der Waals surface area contributed by atoms with E-state index in [1.54, 1.807) is 23.5 Å². The molecule has 2 aromatic carbocycles. The van der Waals surface area contributed by atoms with Crippen LogP contribution in [-0.4, -0.2) is 50.5 Å². The van der Waals surface area contributed by atoms with Crippen molar-refractivity contribution in [1.82, 2.24) is 14.5 Å². The smallest absolute Gasteiger partial charge is 0.295 e. The number of aliphatic hydroxyl groups is 1. The summed E-state index contributed by atoms with van der Waals surface area (Å²) in [4.78, 5) is 32.3. The molecule has 1 saturated heterocycles. The topological polar surface area (TPSA) is 93.9 Å². The van der Waals surface area contributed by atoms with Crippen molar-refractivity contribution in [3.63, 3.8) is 0 Å². The second-order valence-corrected chi connectivity index (χ2v) is 10.2. The van der Waals surface area contributed by atoms with Crippen LogP contribution in [0.15, 0.2) is 66.8 Å². The number of amides is 1. The maximum Gasteiger partial charge on any atom is 0.295 e. The van der Waals surface area contributed by atoms with Crippen molar-refractivity contribution in [3.05, 3.63) is 83.4 Å². The Morgan fingerprint density at radius 1 is 1.10 bits per heavy atom. The summed E-state index contributed by atoms with van der Waals surface area (Å²) in [6, 6.07) is 12.2. The number of aryl methyl sites for hydroxylation is 1. The van der Waals surface area contributed by atoms with Crippen LogP contribution in [0.1, 0.15) is 62.3 Å². The molecule has 204 valence electrons. The summed E-state index contributed by atoms with van der Waals surface area (Å²) < 4.78 is 13.6. The lowest BCUT2D eigenvalue weighted by Crippen LogP contribution is -2.31. The number of fused-ring (bicyclic) bond motifs is 1. The quantitative estimate of drug-likeness (QED) is 0.157. The van der Waals surface area contributed by atoms with E-state index in [0.717, 1.165) is 48.3 Å². The van der Waals surface area contributed by atoms with E-state index < -0.39 is 17.7 Å². The molecule has 0 bridgehead atoms. The minimum absolute atomic E-state index is 0.0566. The number of hydrogen-bond donors (Lipinski definition) is 1. The first kappa shape index (κ1) is 26.5. The van der Waals surface area contributed by atoms with Gasteiger partial charge >= 0.3 is 0 Å². The molecule has 2 aliphatic heterocycles. The molecule has 1 fully saturated rings. The highest BCUT2D eigenvalue weighted by atomic mass is 16.5. The fraction of sp³-hybridized carbons (Fsp3) is 0.387. The highest BCUT2D eigenvalue weighted by Gasteiger charge is 2.45. The zero-order valence-corrected chi connectivity index (χ0v) is 22.5. The van der Waals surface area contributed by atoms with Gasteiger partial charge in [-0.3, -0.25) is 9.59 Å². The van der Waals surface area contributed by atoms with Crippen LogP contribution in [-0.2, 0) is 22.6 Å². The molecule has 5 rings (SSSR count). The number of Topliss-reactive ketones (excluding diaryl/α,β-unsaturated/α-hetero) is 1. The first-order valence-corrected chi connectivity index (χ1v) is 13.7. The molecule has 3 aromatic rings. The Morgan fingerprint density at radius 2 is 1.92 bits per heavy atom. The summed E-state index contributed by atoms with van der Waals surface area (Å²) in [5.41, 5.74) is 2.33. The molecule has 0 aliphatic carbocycles. The molecule has 2 atom stereocenters. The number of nitrogens with zero attached hydrogens (tertiary/aromatic N) is 3. The first-order valence-electron chi connectivity index (χ1n) is 13.7. The summed E-state index contributed by atoms with van der Waals surface area (Å²) >= 11 is 0. The van der Waals surface area contributed by atoms with Crippen molar-refractivity contribution < 1.29 is 24.2 Å². The molecule has 0 radical (unpaired) electrons. The molecule has 2 aliphatic rings. The summed E-state index contributed by atoms with van der Waals surface area (Å²) in [7, 11) is 0. The summed E-state index contributed by atoms with van der Waals surface area (Å²) in [6.07, 6.45) is 9.93. The van der Waals surface area contributed by atoms with Crippen LogP contribution in [0.3, 0.4) is 0 Å². The molecule has 0 spiro atoms. The maximum atomic E-state index is 13.4. The zero-order valence-electron chi connectivity index (χ0n) is 22.5. The van der Waals surface area contributed by atoms with Crippen LogP contribution in [0.2, 0.25) is 0 Å². The van der Waals surface area contributed by atoms with E-state index in [-0.39, 0.29) is 17.4 Å². The van der Waals surface area contributed by atoms with Gasteiger partial charge in [-0.15, -0.1) is 0 Å². The molecule has 39 heavy (non-hydrogen) atoms. The normalized spacial score (nSPS) is 19.8. The number of ether oxygens (including phenoxy) is 2. The fourth-order valence-electron chi connectivity index (χ4n) is 5.31. The Labute approximate surface area is 228 Å². The molecule has 0 unspecified atom stereocenters. The fourth-order valence-corrected chi connectivity index (χ4v) is 5.31. The molecule has 0 saturated carbocycles. The number of carbonyl (C=O) groups excluding carboxylic acids is 2. The predicted molar refractivity (Wildman–Crippen MR) is 148 cm³/mol. The first-order chi connectivity index (χ1) is 19.0. The number of imidazole rings is 1. The molecular weight excluding hydrogens is 494 g/mol. The minimum Gasteiger partial charge on any atom is -0.507 e. The van der Waals surface area contributed by atoms with Crippen molar-refractivity contribution in [2.75, 3.05) is 13.2 Å².